The molecule has 1 unspecified atom stereocenters. The maximum absolute atomic E-state index is 12.6. The second-order valence-corrected chi connectivity index (χ2v) is 6.90. The third kappa shape index (κ3) is 3.55. The lowest BCUT2D eigenvalue weighted by atomic mass is 10.0. The zero-order chi connectivity index (χ0) is 17.9. The molecule has 6 nitrogen and oxygen atoms in total. The fraction of sp³-hybridized carbons (Fsp3) is 0.450. The Morgan fingerprint density at radius 3 is 2.58 bits per heavy atom. The first kappa shape index (κ1) is 17.0. The molecule has 1 amide bonds. The molecule has 0 bridgehead atoms. The van der Waals surface area contributed by atoms with Gasteiger partial charge in [0.2, 0.25) is 0 Å². The number of carbonyl (C=O) groups excluding carboxylic acids is 1. The van der Waals surface area contributed by atoms with Gasteiger partial charge in [0.05, 0.1) is 12.3 Å². The number of rotatable bonds is 3. The molecule has 0 N–H and O–H groups in total. The van der Waals surface area contributed by atoms with Crippen molar-refractivity contribution >= 4 is 11.7 Å². The van der Waals surface area contributed by atoms with Crippen molar-refractivity contribution in [1.29, 1.82) is 0 Å². The van der Waals surface area contributed by atoms with Crippen molar-refractivity contribution < 1.29 is 9.53 Å². The molecule has 6 heteroatoms. The predicted octanol–water partition coefficient (Wildman–Crippen LogP) is 2.25. The van der Waals surface area contributed by atoms with Gasteiger partial charge in [-0.25, -0.2) is 9.97 Å². The highest BCUT2D eigenvalue weighted by Crippen LogP contribution is 2.26. The van der Waals surface area contributed by atoms with Gasteiger partial charge in [-0.2, -0.15) is 0 Å². The van der Waals surface area contributed by atoms with Gasteiger partial charge in [-0.15, -0.1) is 0 Å². The molecule has 0 saturated carbocycles. The van der Waals surface area contributed by atoms with Crippen LogP contribution in [0.3, 0.4) is 0 Å². The fourth-order valence-corrected chi connectivity index (χ4v) is 3.62. The summed E-state index contributed by atoms with van der Waals surface area (Å²) in [6.07, 6.45) is 1.02. The van der Waals surface area contributed by atoms with Gasteiger partial charge in [0, 0.05) is 50.3 Å². The Bertz CT molecular complexity index is 767. The highest BCUT2D eigenvalue weighted by molar-refractivity contribution is 5.94. The highest BCUT2D eigenvalue weighted by Gasteiger charge is 2.25. The molecule has 3 heterocycles. The summed E-state index contributed by atoms with van der Waals surface area (Å²) < 4.78 is 5.50. The van der Waals surface area contributed by atoms with Gasteiger partial charge in [-0.05, 0) is 25.5 Å². The molecule has 0 aliphatic carbocycles. The van der Waals surface area contributed by atoms with Crippen LogP contribution in [0.4, 0.5) is 5.82 Å². The van der Waals surface area contributed by atoms with Crippen LogP contribution in [0, 0.1) is 6.92 Å². The van der Waals surface area contributed by atoms with Crippen LogP contribution < -0.4 is 4.90 Å². The van der Waals surface area contributed by atoms with E-state index >= 15 is 0 Å². The second-order valence-electron chi connectivity index (χ2n) is 6.90. The first-order valence-electron chi connectivity index (χ1n) is 9.23. The number of aromatic nitrogens is 2. The van der Waals surface area contributed by atoms with Crippen LogP contribution in [0.5, 0.6) is 0 Å². The quantitative estimate of drug-likeness (QED) is 0.848. The summed E-state index contributed by atoms with van der Waals surface area (Å²) in [5.74, 6) is 2.24. The van der Waals surface area contributed by atoms with Crippen molar-refractivity contribution in [2.24, 2.45) is 0 Å². The van der Waals surface area contributed by atoms with E-state index in [1.807, 2.05) is 42.2 Å². The Balaban J connectivity index is 1.44. The molecule has 2 fully saturated rings. The Morgan fingerprint density at radius 2 is 1.88 bits per heavy atom. The van der Waals surface area contributed by atoms with Crippen LogP contribution in [-0.4, -0.2) is 60.2 Å². The SMILES string of the molecule is Cc1nc(C2CCOC2)cc(N2CCN(C(=O)c3ccccc3)CC2)n1. The normalized spacial score (nSPS) is 20.4. The Morgan fingerprint density at radius 1 is 1.12 bits per heavy atom. The summed E-state index contributed by atoms with van der Waals surface area (Å²) in [5, 5.41) is 0. The summed E-state index contributed by atoms with van der Waals surface area (Å²) in [4.78, 5) is 26.0. The van der Waals surface area contributed by atoms with Gasteiger partial charge in [-0.1, -0.05) is 18.2 Å². The molecular formula is C20H24N4O2. The Hall–Kier alpha value is -2.47. The van der Waals surface area contributed by atoms with Crippen LogP contribution in [0.2, 0.25) is 0 Å². The molecule has 26 heavy (non-hydrogen) atoms. The standard InChI is InChI=1S/C20H24N4O2/c1-15-21-18(17-7-12-26-14-17)13-19(22-15)23-8-10-24(11-9-23)20(25)16-5-3-2-4-6-16/h2-6,13,17H,7-12,14H2,1H3. The maximum atomic E-state index is 12.6. The van der Waals surface area contributed by atoms with Gasteiger partial charge in [-0.3, -0.25) is 4.79 Å². The number of anilines is 1. The third-order valence-electron chi connectivity index (χ3n) is 5.10. The summed E-state index contributed by atoms with van der Waals surface area (Å²) in [5.41, 5.74) is 1.83. The van der Waals surface area contributed by atoms with E-state index in [2.05, 4.69) is 20.9 Å². The summed E-state index contributed by atoms with van der Waals surface area (Å²) in [6.45, 7) is 6.49. The summed E-state index contributed by atoms with van der Waals surface area (Å²) >= 11 is 0. The van der Waals surface area contributed by atoms with Crippen molar-refractivity contribution in [3.63, 3.8) is 0 Å². The number of carbonyl (C=O) groups is 1. The summed E-state index contributed by atoms with van der Waals surface area (Å²) in [6, 6.07) is 11.6. The van der Waals surface area contributed by atoms with Crippen LogP contribution >= 0.6 is 0 Å². The van der Waals surface area contributed by atoms with E-state index in [0.717, 1.165) is 55.6 Å². The average molecular weight is 352 g/mol. The zero-order valence-electron chi connectivity index (χ0n) is 15.1. The number of ether oxygens (including phenoxy) is 1. The van der Waals surface area contributed by atoms with Crippen LogP contribution in [0.1, 0.15) is 34.2 Å². The summed E-state index contributed by atoms with van der Waals surface area (Å²) in [7, 11) is 0. The van der Waals surface area contributed by atoms with Crippen molar-refractivity contribution in [3.05, 3.63) is 53.5 Å². The number of hydrogen-bond donors (Lipinski definition) is 0. The van der Waals surface area contributed by atoms with Crippen LogP contribution in [0.25, 0.3) is 0 Å². The monoisotopic (exact) mass is 352 g/mol. The van der Waals surface area contributed by atoms with Crippen molar-refractivity contribution in [1.82, 2.24) is 14.9 Å². The number of hydrogen-bond acceptors (Lipinski definition) is 5. The van der Waals surface area contributed by atoms with Crippen molar-refractivity contribution in [2.75, 3.05) is 44.3 Å². The van der Waals surface area contributed by atoms with Crippen LogP contribution in [0.15, 0.2) is 36.4 Å². The molecular weight excluding hydrogens is 328 g/mol. The first-order valence-corrected chi connectivity index (χ1v) is 9.23. The minimum Gasteiger partial charge on any atom is -0.381 e. The van der Waals surface area contributed by atoms with E-state index < -0.39 is 0 Å². The minimum atomic E-state index is 0.105. The molecule has 1 aromatic carbocycles. The topological polar surface area (TPSA) is 58.6 Å². The smallest absolute Gasteiger partial charge is 0.253 e. The Labute approximate surface area is 153 Å². The molecule has 2 aromatic rings. The van der Waals surface area contributed by atoms with Gasteiger partial charge < -0.3 is 14.5 Å². The minimum absolute atomic E-state index is 0.105. The molecule has 1 atom stereocenters. The maximum Gasteiger partial charge on any atom is 0.253 e. The van der Waals surface area contributed by atoms with E-state index in [1.54, 1.807) is 0 Å². The number of amides is 1. The number of aryl methyl sites for hydroxylation is 1. The van der Waals surface area contributed by atoms with Crippen molar-refractivity contribution in [3.8, 4) is 0 Å². The lowest BCUT2D eigenvalue weighted by Gasteiger charge is -2.35. The number of benzene rings is 1. The lowest BCUT2D eigenvalue weighted by Crippen LogP contribution is -2.49. The Kier molecular flexibility index (Phi) is 4.84. The van der Waals surface area contributed by atoms with Crippen molar-refractivity contribution in [2.45, 2.75) is 19.3 Å². The van der Waals surface area contributed by atoms with Gasteiger partial charge >= 0.3 is 0 Å². The molecule has 4 rings (SSSR count). The molecule has 136 valence electrons. The van der Waals surface area contributed by atoms with Gasteiger partial charge in [0.15, 0.2) is 0 Å². The highest BCUT2D eigenvalue weighted by atomic mass is 16.5. The fourth-order valence-electron chi connectivity index (χ4n) is 3.62. The predicted molar refractivity (Wildman–Crippen MR) is 99.5 cm³/mol. The molecule has 2 aliphatic rings. The zero-order valence-corrected chi connectivity index (χ0v) is 15.1. The van der Waals surface area contributed by atoms with Crippen LogP contribution in [-0.2, 0) is 4.74 Å². The first-order chi connectivity index (χ1) is 12.7. The molecule has 1 aromatic heterocycles. The van der Waals surface area contributed by atoms with Gasteiger partial charge in [0.25, 0.3) is 5.91 Å². The van der Waals surface area contributed by atoms with Gasteiger partial charge in [0.1, 0.15) is 11.6 Å². The largest absolute Gasteiger partial charge is 0.381 e. The molecule has 2 aliphatic heterocycles. The van der Waals surface area contributed by atoms with E-state index in [9.17, 15) is 4.79 Å². The molecule has 0 spiro atoms. The average Bonchev–Trinajstić information content (AvgIpc) is 3.23. The molecule has 2 saturated heterocycles. The lowest BCUT2D eigenvalue weighted by molar-refractivity contribution is 0.0746. The number of piperazine rings is 1. The van der Waals surface area contributed by atoms with E-state index in [-0.39, 0.29) is 5.91 Å². The molecule has 0 radical (unpaired) electrons. The third-order valence-corrected chi connectivity index (χ3v) is 5.10. The van der Waals surface area contributed by atoms with E-state index in [4.69, 9.17) is 4.74 Å². The van der Waals surface area contributed by atoms with E-state index in [0.29, 0.717) is 19.0 Å². The second kappa shape index (κ2) is 7.41. The number of nitrogens with zero attached hydrogens (tertiary/aromatic N) is 4. The van der Waals surface area contributed by atoms with E-state index in [1.165, 1.54) is 0 Å².